The van der Waals surface area contributed by atoms with Crippen molar-refractivity contribution in [3.8, 4) is 10.4 Å². The van der Waals surface area contributed by atoms with E-state index in [9.17, 15) is 4.79 Å². The van der Waals surface area contributed by atoms with E-state index < -0.39 is 5.97 Å². The Balaban J connectivity index is 2.49. The van der Waals surface area contributed by atoms with E-state index in [4.69, 9.17) is 10.5 Å². The van der Waals surface area contributed by atoms with Gasteiger partial charge >= 0.3 is 5.97 Å². The summed E-state index contributed by atoms with van der Waals surface area (Å²) < 4.78 is 5.73. The highest BCUT2D eigenvalue weighted by molar-refractivity contribution is 9.10. The lowest BCUT2D eigenvalue weighted by Crippen LogP contribution is -2.00. The number of benzene rings is 1. The predicted molar refractivity (Wildman–Crippen MR) is 77.9 cm³/mol. The van der Waals surface area contributed by atoms with Crippen molar-refractivity contribution in [3.63, 3.8) is 0 Å². The molecule has 94 valence electrons. The standard InChI is InChI=1S/C13H12BrNO2S/c1-7-5-8(14)3-4-9(7)11-6-10(15)12(18-11)13(16)17-2/h3-6H,15H2,1-2H3. The summed E-state index contributed by atoms with van der Waals surface area (Å²) in [5.41, 5.74) is 8.50. The topological polar surface area (TPSA) is 52.3 Å². The van der Waals surface area contributed by atoms with Crippen LogP contribution in [0.15, 0.2) is 28.7 Å². The molecule has 5 heteroatoms. The molecular formula is C13H12BrNO2S. The van der Waals surface area contributed by atoms with Crippen molar-refractivity contribution >= 4 is 38.9 Å². The zero-order chi connectivity index (χ0) is 13.3. The molecule has 1 aromatic carbocycles. The average Bonchev–Trinajstić information content (AvgIpc) is 2.70. The number of esters is 1. The van der Waals surface area contributed by atoms with Crippen molar-refractivity contribution < 1.29 is 9.53 Å². The summed E-state index contributed by atoms with van der Waals surface area (Å²) in [6.45, 7) is 2.02. The van der Waals surface area contributed by atoms with Gasteiger partial charge in [0.15, 0.2) is 0 Å². The van der Waals surface area contributed by atoms with Gasteiger partial charge in [0.2, 0.25) is 0 Å². The summed E-state index contributed by atoms with van der Waals surface area (Å²) in [4.78, 5) is 12.9. The number of hydrogen-bond donors (Lipinski definition) is 1. The van der Waals surface area contributed by atoms with E-state index in [2.05, 4.69) is 15.9 Å². The second-order valence-electron chi connectivity index (χ2n) is 3.85. The van der Waals surface area contributed by atoms with E-state index in [0.29, 0.717) is 10.6 Å². The van der Waals surface area contributed by atoms with Crippen LogP contribution < -0.4 is 5.73 Å². The Labute approximate surface area is 118 Å². The van der Waals surface area contributed by atoms with Gasteiger partial charge in [-0.15, -0.1) is 11.3 Å². The minimum atomic E-state index is -0.390. The number of aryl methyl sites for hydroxylation is 1. The van der Waals surface area contributed by atoms with Gasteiger partial charge in [-0.25, -0.2) is 4.79 Å². The van der Waals surface area contributed by atoms with Crippen LogP contribution in [-0.4, -0.2) is 13.1 Å². The fourth-order valence-electron chi connectivity index (χ4n) is 1.69. The molecule has 0 spiro atoms. The van der Waals surface area contributed by atoms with Gasteiger partial charge in [-0.05, 0) is 36.2 Å². The van der Waals surface area contributed by atoms with Crippen LogP contribution in [-0.2, 0) is 4.74 Å². The Morgan fingerprint density at radius 2 is 2.11 bits per heavy atom. The molecule has 0 aliphatic heterocycles. The minimum Gasteiger partial charge on any atom is -0.465 e. The van der Waals surface area contributed by atoms with E-state index in [1.807, 2.05) is 31.2 Å². The lowest BCUT2D eigenvalue weighted by atomic mass is 10.1. The molecule has 3 nitrogen and oxygen atoms in total. The normalized spacial score (nSPS) is 10.4. The number of methoxy groups -OCH3 is 1. The van der Waals surface area contributed by atoms with E-state index in [-0.39, 0.29) is 0 Å². The molecule has 0 unspecified atom stereocenters. The lowest BCUT2D eigenvalue weighted by molar-refractivity contribution is 0.0607. The van der Waals surface area contributed by atoms with Crippen LogP contribution in [0, 0.1) is 6.92 Å². The number of anilines is 1. The Kier molecular flexibility index (Phi) is 3.73. The van der Waals surface area contributed by atoms with Gasteiger partial charge in [0.1, 0.15) is 4.88 Å². The number of hydrogen-bond acceptors (Lipinski definition) is 4. The Morgan fingerprint density at radius 1 is 1.39 bits per heavy atom. The Bertz CT molecular complexity index is 607. The van der Waals surface area contributed by atoms with Crippen molar-refractivity contribution in [3.05, 3.63) is 39.2 Å². The first kappa shape index (κ1) is 13.1. The smallest absolute Gasteiger partial charge is 0.350 e. The first-order valence-electron chi connectivity index (χ1n) is 5.27. The largest absolute Gasteiger partial charge is 0.465 e. The molecule has 0 aliphatic rings. The highest BCUT2D eigenvalue weighted by atomic mass is 79.9. The van der Waals surface area contributed by atoms with Crippen molar-refractivity contribution in [2.24, 2.45) is 0 Å². The molecule has 18 heavy (non-hydrogen) atoms. The number of halogens is 1. The molecule has 0 fully saturated rings. The highest BCUT2D eigenvalue weighted by Crippen LogP contribution is 2.36. The second kappa shape index (κ2) is 5.12. The number of carbonyl (C=O) groups excluding carboxylic acids is 1. The summed E-state index contributed by atoms with van der Waals surface area (Å²) in [5, 5.41) is 0. The Morgan fingerprint density at radius 3 is 2.72 bits per heavy atom. The van der Waals surface area contributed by atoms with Crippen LogP contribution in [0.2, 0.25) is 0 Å². The third-order valence-corrected chi connectivity index (χ3v) is 4.24. The van der Waals surface area contributed by atoms with Crippen molar-refractivity contribution in [2.45, 2.75) is 6.92 Å². The molecule has 1 heterocycles. The maximum absolute atomic E-state index is 11.5. The maximum Gasteiger partial charge on any atom is 0.350 e. The third kappa shape index (κ3) is 2.42. The van der Waals surface area contributed by atoms with E-state index in [1.54, 1.807) is 0 Å². The van der Waals surface area contributed by atoms with Gasteiger partial charge < -0.3 is 10.5 Å². The number of thiophene rings is 1. The summed E-state index contributed by atoms with van der Waals surface area (Å²) >= 11 is 4.78. The molecule has 0 saturated heterocycles. The van der Waals surface area contributed by atoms with Crippen LogP contribution in [0.25, 0.3) is 10.4 Å². The summed E-state index contributed by atoms with van der Waals surface area (Å²) in [5.74, 6) is -0.390. The van der Waals surface area contributed by atoms with E-state index in [0.717, 1.165) is 20.5 Å². The van der Waals surface area contributed by atoms with E-state index in [1.165, 1.54) is 18.4 Å². The molecule has 2 N–H and O–H groups in total. The van der Waals surface area contributed by atoms with Crippen molar-refractivity contribution in [2.75, 3.05) is 12.8 Å². The molecule has 2 aromatic rings. The number of carbonyl (C=O) groups is 1. The molecule has 0 atom stereocenters. The second-order valence-corrected chi connectivity index (χ2v) is 5.81. The summed E-state index contributed by atoms with van der Waals surface area (Å²) in [7, 11) is 1.35. The van der Waals surface area contributed by atoms with Crippen molar-refractivity contribution in [1.29, 1.82) is 0 Å². The minimum absolute atomic E-state index is 0.390. The first-order chi connectivity index (χ1) is 8.52. The van der Waals surface area contributed by atoms with Crippen LogP contribution in [0.1, 0.15) is 15.2 Å². The molecule has 0 bridgehead atoms. The molecule has 0 saturated carbocycles. The Hall–Kier alpha value is -1.33. The number of nitrogen functional groups attached to an aromatic ring is 1. The zero-order valence-corrected chi connectivity index (χ0v) is 12.4. The van der Waals surface area contributed by atoms with Crippen LogP contribution in [0.4, 0.5) is 5.69 Å². The fraction of sp³-hybridized carbons (Fsp3) is 0.154. The molecule has 0 radical (unpaired) electrons. The molecule has 2 rings (SSSR count). The summed E-state index contributed by atoms with van der Waals surface area (Å²) in [6.07, 6.45) is 0. The summed E-state index contributed by atoms with van der Waals surface area (Å²) in [6, 6.07) is 7.82. The van der Waals surface area contributed by atoms with Gasteiger partial charge in [0.25, 0.3) is 0 Å². The van der Waals surface area contributed by atoms with Gasteiger partial charge in [-0.3, -0.25) is 0 Å². The van der Waals surface area contributed by atoms with Crippen LogP contribution in [0.3, 0.4) is 0 Å². The SMILES string of the molecule is COC(=O)c1sc(-c2ccc(Br)cc2C)cc1N. The molecule has 1 aromatic heterocycles. The fourth-order valence-corrected chi connectivity index (χ4v) is 3.26. The number of nitrogens with two attached hydrogens (primary N) is 1. The van der Waals surface area contributed by atoms with Crippen molar-refractivity contribution in [1.82, 2.24) is 0 Å². The van der Waals surface area contributed by atoms with Gasteiger partial charge in [0, 0.05) is 9.35 Å². The quantitative estimate of drug-likeness (QED) is 0.853. The van der Waals surface area contributed by atoms with Gasteiger partial charge in [-0.1, -0.05) is 22.0 Å². The number of rotatable bonds is 2. The number of ether oxygens (including phenoxy) is 1. The van der Waals surface area contributed by atoms with Crippen LogP contribution in [0.5, 0.6) is 0 Å². The van der Waals surface area contributed by atoms with Gasteiger partial charge in [0.05, 0.1) is 12.8 Å². The maximum atomic E-state index is 11.5. The zero-order valence-electron chi connectivity index (χ0n) is 9.99. The molecular weight excluding hydrogens is 314 g/mol. The predicted octanol–water partition coefficient (Wildman–Crippen LogP) is 3.85. The monoisotopic (exact) mass is 325 g/mol. The molecule has 0 aliphatic carbocycles. The first-order valence-corrected chi connectivity index (χ1v) is 6.88. The van der Waals surface area contributed by atoms with Crippen LogP contribution >= 0.6 is 27.3 Å². The van der Waals surface area contributed by atoms with Gasteiger partial charge in [-0.2, -0.15) is 0 Å². The third-order valence-electron chi connectivity index (χ3n) is 2.59. The average molecular weight is 326 g/mol. The highest BCUT2D eigenvalue weighted by Gasteiger charge is 2.16. The lowest BCUT2D eigenvalue weighted by Gasteiger charge is -2.03. The van der Waals surface area contributed by atoms with E-state index >= 15 is 0 Å². The molecule has 0 amide bonds.